The summed E-state index contributed by atoms with van der Waals surface area (Å²) in [6.07, 6.45) is 2.76. The maximum absolute atomic E-state index is 5.20. The van der Waals surface area contributed by atoms with E-state index in [4.69, 9.17) is 4.74 Å². The van der Waals surface area contributed by atoms with E-state index in [-0.39, 0.29) is 0 Å². The molecular formula is C7H14NO+. The van der Waals surface area contributed by atoms with Crippen LogP contribution in [0.2, 0.25) is 0 Å². The molecule has 2 aliphatic rings. The molecule has 9 heavy (non-hydrogen) atoms. The first-order valence-electron chi connectivity index (χ1n) is 3.81. The van der Waals surface area contributed by atoms with Crippen molar-refractivity contribution in [2.24, 2.45) is 5.41 Å². The molecule has 2 saturated heterocycles. The van der Waals surface area contributed by atoms with E-state index in [1.807, 2.05) is 0 Å². The van der Waals surface area contributed by atoms with Gasteiger partial charge >= 0.3 is 0 Å². The van der Waals surface area contributed by atoms with E-state index in [0.717, 1.165) is 13.2 Å². The predicted molar refractivity (Wildman–Crippen MR) is 34.1 cm³/mol. The number of hydrogen-bond acceptors (Lipinski definition) is 1. The van der Waals surface area contributed by atoms with Crippen LogP contribution in [0.5, 0.6) is 0 Å². The van der Waals surface area contributed by atoms with Crippen LogP contribution in [0.3, 0.4) is 0 Å². The van der Waals surface area contributed by atoms with Crippen LogP contribution < -0.4 is 5.32 Å². The van der Waals surface area contributed by atoms with E-state index in [1.165, 1.54) is 25.9 Å². The fraction of sp³-hybridized carbons (Fsp3) is 1.00. The van der Waals surface area contributed by atoms with Gasteiger partial charge in [0.15, 0.2) is 0 Å². The van der Waals surface area contributed by atoms with Gasteiger partial charge in [-0.05, 0) is 0 Å². The Morgan fingerprint density at radius 3 is 2.11 bits per heavy atom. The van der Waals surface area contributed by atoms with Gasteiger partial charge in [0, 0.05) is 18.3 Å². The van der Waals surface area contributed by atoms with Gasteiger partial charge in [0.05, 0.1) is 26.3 Å². The number of rotatable bonds is 0. The Kier molecular flexibility index (Phi) is 1.24. The summed E-state index contributed by atoms with van der Waals surface area (Å²) in [6.45, 7) is 4.73. The topological polar surface area (TPSA) is 25.8 Å². The Labute approximate surface area is 55.6 Å². The third kappa shape index (κ3) is 0.864. The third-order valence-corrected chi connectivity index (χ3v) is 2.57. The fourth-order valence-electron chi connectivity index (χ4n) is 1.77. The summed E-state index contributed by atoms with van der Waals surface area (Å²) < 4.78 is 5.20. The Morgan fingerprint density at radius 1 is 1.11 bits per heavy atom. The standard InChI is InChI=1S/C7H13NO/c1-3-8-4-2-7(1)5-9-6-7/h8H,1-6H2/p+1. The number of piperidine rings is 1. The lowest BCUT2D eigenvalue weighted by atomic mass is 9.77. The van der Waals surface area contributed by atoms with E-state index in [1.54, 1.807) is 0 Å². The Balaban J connectivity index is 1.93. The minimum absolute atomic E-state index is 0.648. The number of nitrogens with two attached hydrogens (primary N) is 1. The van der Waals surface area contributed by atoms with Gasteiger partial charge in [-0.3, -0.25) is 0 Å². The highest BCUT2D eigenvalue weighted by Gasteiger charge is 2.40. The molecule has 2 fully saturated rings. The van der Waals surface area contributed by atoms with Gasteiger partial charge in [-0.15, -0.1) is 0 Å². The predicted octanol–water partition coefficient (Wildman–Crippen LogP) is -0.640. The number of quaternary nitrogens is 1. The molecule has 0 unspecified atom stereocenters. The lowest BCUT2D eigenvalue weighted by Gasteiger charge is -2.42. The van der Waals surface area contributed by atoms with Gasteiger partial charge in [0.1, 0.15) is 0 Å². The van der Waals surface area contributed by atoms with Gasteiger partial charge in [-0.25, -0.2) is 0 Å². The minimum Gasteiger partial charge on any atom is -0.380 e. The summed E-state index contributed by atoms with van der Waals surface area (Å²) >= 11 is 0. The van der Waals surface area contributed by atoms with Gasteiger partial charge in [-0.1, -0.05) is 0 Å². The largest absolute Gasteiger partial charge is 0.380 e. The quantitative estimate of drug-likeness (QED) is 0.461. The molecular weight excluding hydrogens is 114 g/mol. The molecule has 52 valence electrons. The molecule has 0 amide bonds. The lowest BCUT2D eigenvalue weighted by Crippen LogP contribution is -2.88. The smallest absolute Gasteiger partial charge is 0.0762 e. The van der Waals surface area contributed by atoms with Crippen LogP contribution in [0.4, 0.5) is 0 Å². The molecule has 2 nitrogen and oxygen atoms in total. The van der Waals surface area contributed by atoms with E-state index in [0.29, 0.717) is 5.41 Å². The molecule has 2 aliphatic heterocycles. The highest BCUT2D eigenvalue weighted by atomic mass is 16.5. The Hall–Kier alpha value is -0.0800. The van der Waals surface area contributed by atoms with Crippen molar-refractivity contribution in [3.8, 4) is 0 Å². The monoisotopic (exact) mass is 128 g/mol. The molecule has 1 spiro atoms. The summed E-state index contributed by atoms with van der Waals surface area (Å²) in [5.41, 5.74) is 0.648. The first-order valence-corrected chi connectivity index (χ1v) is 3.81. The van der Waals surface area contributed by atoms with E-state index < -0.39 is 0 Å². The van der Waals surface area contributed by atoms with Crippen molar-refractivity contribution in [3.63, 3.8) is 0 Å². The second-order valence-corrected chi connectivity index (χ2v) is 3.36. The zero-order chi connectivity index (χ0) is 6.16. The maximum atomic E-state index is 5.20. The SMILES string of the molecule is C1CC2(CC[NH2+]1)COC2. The highest BCUT2D eigenvalue weighted by molar-refractivity contribution is 4.85. The molecule has 2 heteroatoms. The average Bonchev–Trinajstić information content (AvgIpc) is 1.87. The molecule has 2 rings (SSSR count). The molecule has 0 atom stereocenters. The summed E-state index contributed by atoms with van der Waals surface area (Å²) in [6, 6.07) is 0. The van der Waals surface area contributed by atoms with Crippen molar-refractivity contribution in [3.05, 3.63) is 0 Å². The summed E-state index contributed by atoms with van der Waals surface area (Å²) in [5.74, 6) is 0. The molecule has 0 aromatic heterocycles. The van der Waals surface area contributed by atoms with Crippen molar-refractivity contribution < 1.29 is 10.1 Å². The van der Waals surface area contributed by atoms with E-state index in [2.05, 4.69) is 5.32 Å². The van der Waals surface area contributed by atoms with Crippen LogP contribution in [0.15, 0.2) is 0 Å². The van der Waals surface area contributed by atoms with Crippen molar-refractivity contribution in [2.45, 2.75) is 12.8 Å². The maximum Gasteiger partial charge on any atom is 0.0762 e. The first kappa shape index (κ1) is 5.69. The van der Waals surface area contributed by atoms with Crippen LogP contribution in [0.1, 0.15) is 12.8 Å². The van der Waals surface area contributed by atoms with Gasteiger partial charge in [-0.2, -0.15) is 0 Å². The number of ether oxygens (including phenoxy) is 1. The molecule has 2 heterocycles. The lowest BCUT2D eigenvalue weighted by molar-refractivity contribution is -0.670. The minimum atomic E-state index is 0.648. The van der Waals surface area contributed by atoms with Crippen molar-refractivity contribution in [1.29, 1.82) is 0 Å². The molecule has 0 aromatic rings. The Bertz CT molecular complexity index is 101. The van der Waals surface area contributed by atoms with Crippen molar-refractivity contribution in [2.75, 3.05) is 26.3 Å². The van der Waals surface area contributed by atoms with Gasteiger partial charge in [0.2, 0.25) is 0 Å². The summed E-state index contributed by atoms with van der Waals surface area (Å²) in [7, 11) is 0. The second kappa shape index (κ2) is 1.96. The van der Waals surface area contributed by atoms with Crippen LogP contribution in [-0.4, -0.2) is 26.3 Å². The summed E-state index contributed by atoms with van der Waals surface area (Å²) in [5, 5.41) is 2.41. The van der Waals surface area contributed by atoms with Crippen LogP contribution in [0, 0.1) is 5.41 Å². The van der Waals surface area contributed by atoms with Crippen molar-refractivity contribution in [1.82, 2.24) is 0 Å². The summed E-state index contributed by atoms with van der Waals surface area (Å²) in [4.78, 5) is 0. The highest BCUT2D eigenvalue weighted by Crippen LogP contribution is 2.34. The fourth-order valence-corrected chi connectivity index (χ4v) is 1.77. The number of hydrogen-bond donors (Lipinski definition) is 1. The Morgan fingerprint density at radius 2 is 1.78 bits per heavy atom. The first-order chi connectivity index (χ1) is 4.41. The zero-order valence-electron chi connectivity index (χ0n) is 5.73. The molecule has 0 bridgehead atoms. The average molecular weight is 128 g/mol. The van der Waals surface area contributed by atoms with Gasteiger partial charge in [0.25, 0.3) is 0 Å². The third-order valence-electron chi connectivity index (χ3n) is 2.57. The van der Waals surface area contributed by atoms with E-state index in [9.17, 15) is 0 Å². The molecule has 0 aliphatic carbocycles. The van der Waals surface area contributed by atoms with Crippen LogP contribution in [0.25, 0.3) is 0 Å². The zero-order valence-corrected chi connectivity index (χ0v) is 5.73. The van der Waals surface area contributed by atoms with Crippen molar-refractivity contribution >= 4 is 0 Å². The molecule has 0 aromatic carbocycles. The van der Waals surface area contributed by atoms with E-state index >= 15 is 0 Å². The normalized spacial score (nSPS) is 32.0. The molecule has 2 N–H and O–H groups in total. The molecule has 0 radical (unpaired) electrons. The second-order valence-electron chi connectivity index (χ2n) is 3.36. The van der Waals surface area contributed by atoms with Crippen LogP contribution in [-0.2, 0) is 4.74 Å². The van der Waals surface area contributed by atoms with Gasteiger partial charge < -0.3 is 10.1 Å². The van der Waals surface area contributed by atoms with Crippen LogP contribution >= 0.6 is 0 Å². The molecule has 0 saturated carbocycles.